The van der Waals surface area contributed by atoms with E-state index < -0.39 is 5.95 Å². The first-order valence-corrected chi connectivity index (χ1v) is 7.85. The molecule has 2 fully saturated rings. The number of amides is 2. The second kappa shape index (κ2) is 5.93. The van der Waals surface area contributed by atoms with Gasteiger partial charge in [0.25, 0.3) is 0 Å². The lowest BCUT2D eigenvalue weighted by molar-refractivity contribution is 0.245. The highest BCUT2D eigenvalue weighted by molar-refractivity contribution is 5.77. The largest absolute Gasteiger partial charge is 0.333 e. The van der Waals surface area contributed by atoms with Gasteiger partial charge in [-0.05, 0) is 25.0 Å². The number of hydrogen-bond donors (Lipinski definition) is 2. The van der Waals surface area contributed by atoms with Crippen molar-refractivity contribution in [3.63, 3.8) is 0 Å². The molecule has 2 aliphatic rings. The van der Waals surface area contributed by atoms with Crippen molar-refractivity contribution in [1.29, 1.82) is 0 Å². The number of nitrogens with one attached hydrogen (secondary N) is 2. The summed E-state index contributed by atoms with van der Waals surface area (Å²) in [7, 11) is 0. The number of halogens is 1. The molecule has 2 unspecified atom stereocenters. The number of benzene rings is 1. The first kappa shape index (κ1) is 14.6. The monoisotopic (exact) mass is 322 g/mol. The first-order chi connectivity index (χ1) is 11.7. The van der Waals surface area contributed by atoms with E-state index in [-0.39, 0.29) is 29.6 Å². The lowest BCUT2D eigenvalue weighted by Gasteiger charge is -2.09. The number of aromatic nitrogens is 2. The Bertz CT molecular complexity index is 827. The molecule has 1 saturated carbocycles. The van der Waals surface area contributed by atoms with Crippen molar-refractivity contribution in [1.82, 2.24) is 20.6 Å². The van der Waals surface area contributed by atoms with Gasteiger partial charge in [-0.15, -0.1) is 0 Å². The molecule has 1 saturated heterocycles. The Kier molecular flexibility index (Phi) is 3.62. The molecule has 1 aliphatic carbocycles. The zero-order chi connectivity index (χ0) is 16.5. The quantitative estimate of drug-likeness (QED) is 0.623. The zero-order valence-electron chi connectivity index (χ0n) is 12.8. The van der Waals surface area contributed by atoms with Gasteiger partial charge in [0.15, 0.2) is 0 Å². The first-order valence-electron chi connectivity index (χ1n) is 7.85. The van der Waals surface area contributed by atoms with Crippen LogP contribution in [0.4, 0.5) is 9.18 Å². The standard InChI is InChI=1S/C18H15FN4O/c19-16-12(7-6-11-4-2-1-3-5-11)10-20-17(23-16)13-8-14-15(9-13)22-18(24)21-14/h1-5,10,13-15H,8-9H2,(H2,21,22,24). The second-order valence-electron chi connectivity index (χ2n) is 6.05. The van der Waals surface area contributed by atoms with E-state index in [0.29, 0.717) is 5.82 Å². The van der Waals surface area contributed by atoms with E-state index in [1.165, 1.54) is 6.20 Å². The van der Waals surface area contributed by atoms with Crippen molar-refractivity contribution in [2.24, 2.45) is 0 Å². The van der Waals surface area contributed by atoms with E-state index in [9.17, 15) is 9.18 Å². The Morgan fingerprint density at radius 2 is 1.79 bits per heavy atom. The number of hydrogen-bond acceptors (Lipinski definition) is 3. The summed E-state index contributed by atoms with van der Waals surface area (Å²) >= 11 is 0. The van der Waals surface area contributed by atoms with Crippen LogP contribution in [0, 0.1) is 17.8 Å². The summed E-state index contributed by atoms with van der Waals surface area (Å²) in [5, 5.41) is 5.72. The van der Waals surface area contributed by atoms with Crippen LogP contribution in [-0.4, -0.2) is 28.1 Å². The molecule has 6 heteroatoms. The normalized spacial score (nSPS) is 24.5. The minimum absolute atomic E-state index is 0.0405. The number of carbonyl (C=O) groups excluding carboxylic acids is 1. The summed E-state index contributed by atoms with van der Waals surface area (Å²) in [6.45, 7) is 0. The summed E-state index contributed by atoms with van der Waals surface area (Å²) in [5.41, 5.74) is 0.999. The van der Waals surface area contributed by atoms with Crippen LogP contribution in [0.5, 0.6) is 0 Å². The van der Waals surface area contributed by atoms with Crippen LogP contribution in [0.3, 0.4) is 0 Å². The van der Waals surface area contributed by atoms with Gasteiger partial charge in [-0.2, -0.15) is 4.39 Å². The summed E-state index contributed by atoms with van der Waals surface area (Å²) < 4.78 is 14.2. The van der Waals surface area contributed by atoms with Gasteiger partial charge in [0.05, 0.1) is 17.6 Å². The molecule has 5 nitrogen and oxygen atoms in total. The lowest BCUT2D eigenvalue weighted by atomic mass is 10.1. The smallest absolute Gasteiger partial charge is 0.315 e. The second-order valence-corrected chi connectivity index (χ2v) is 6.05. The molecule has 0 bridgehead atoms. The minimum atomic E-state index is -0.600. The predicted octanol–water partition coefficient (Wildman–Crippen LogP) is 1.94. The van der Waals surface area contributed by atoms with Crippen LogP contribution < -0.4 is 10.6 Å². The van der Waals surface area contributed by atoms with Crippen molar-refractivity contribution in [3.05, 3.63) is 59.4 Å². The highest BCUT2D eigenvalue weighted by Gasteiger charge is 2.42. The van der Waals surface area contributed by atoms with Crippen molar-refractivity contribution >= 4 is 6.03 Å². The molecule has 1 aromatic carbocycles. The van der Waals surface area contributed by atoms with Crippen LogP contribution in [0.15, 0.2) is 36.5 Å². The Morgan fingerprint density at radius 1 is 1.08 bits per heavy atom. The summed E-state index contributed by atoms with van der Waals surface area (Å²) in [6.07, 6.45) is 2.88. The maximum atomic E-state index is 14.2. The molecule has 0 radical (unpaired) electrons. The van der Waals surface area contributed by atoms with E-state index in [1.807, 2.05) is 30.3 Å². The van der Waals surface area contributed by atoms with Gasteiger partial charge in [-0.1, -0.05) is 30.0 Å². The molecule has 1 aromatic heterocycles. The van der Waals surface area contributed by atoms with E-state index in [2.05, 4.69) is 32.4 Å². The number of nitrogens with zero attached hydrogens (tertiary/aromatic N) is 2. The van der Waals surface area contributed by atoms with Crippen molar-refractivity contribution in [2.45, 2.75) is 30.8 Å². The molecule has 2 aromatic rings. The van der Waals surface area contributed by atoms with Gasteiger partial charge in [0, 0.05) is 17.7 Å². The average molecular weight is 322 g/mol. The number of fused-ring (bicyclic) bond motifs is 1. The Morgan fingerprint density at radius 3 is 2.46 bits per heavy atom. The van der Waals surface area contributed by atoms with E-state index in [0.717, 1.165) is 18.4 Å². The highest BCUT2D eigenvalue weighted by Crippen LogP contribution is 2.34. The maximum absolute atomic E-state index is 14.2. The average Bonchev–Trinajstić information content (AvgIpc) is 3.12. The third kappa shape index (κ3) is 2.81. The number of rotatable bonds is 1. The highest BCUT2D eigenvalue weighted by atomic mass is 19.1. The molecule has 4 rings (SSSR count). The maximum Gasteiger partial charge on any atom is 0.315 e. The number of urea groups is 1. The van der Waals surface area contributed by atoms with Gasteiger partial charge in [-0.3, -0.25) is 0 Å². The fraction of sp³-hybridized carbons (Fsp3) is 0.278. The Hall–Kier alpha value is -2.94. The summed E-state index contributed by atoms with van der Waals surface area (Å²) in [4.78, 5) is 19.5. The third-order valence-corrected chi connectivity index (χ3v) is 4.44. The fourth-order valence-corrected chi connectivity index (χ4v) is 3.26. The Balaban J connectivity index is 1.51. The van der Waals surface area contributed by atoms with Crippen LogP contribution in [0.1, 0.15) is 35.7 Å². The lowest BCUT2D eigenvalue weighted by Crippen LogP contribution is -2.26. The van der Waals surface area contributed by atoms with Crippen LogP contribution in [0.2, 0.25) is 0 Å². The van der Waals surface area contributed by atoms with Gasteiger partial charge in [-0.25, -0.2) is 14.8 Å². The molecule has 2 N–H and O–H groups in total. The molecule has 120 valence electrons. The topological polar surface area (TPSA) is 66.9 Å². The van der Waals surface area contributed by atoms with Crippen molar-refractivity contribution in [2.75, 3.05) is 0 Å². The molecular formula is C18H15FN4O. The third-order valence-electron chi connectivity index (χ3n) is 4.44. The van der Waals surface area contributed by atoms with E-state index >= 15 is 0 Å². The van der Waals surface area contributed by atoms with Gasteiger partial charge in [0.1, 0.15) is 5.82 Å². The van der Waals surface area contributed by atoms with Gasteiger partial charge in [0.2, 0.25) is 5.95 Å². The fourth-order valence-electron chi connectivity index (χ4n) is 3.26. The molecule has 2 amide bonds. The van der Waals surface area contributed by atoms with Crippen molar-refractivity contribution in [3.8, 4) is 11.8 Å². The molecule has 2 heterocycles. The van der Waals surface area contributed by atoms with Crippen LogP contribution >= 0.6 is 0 Å². The Labute approximate surface area is 138 Å². The zero-order valence-corrected chi connectivity index (χ0v) is 12.8. The van der Waals surface area contributed by atoms with Crippen LogP contribution in [0.25, 0.3) is 0 Å². The van der Waals surface area contributed by atoms with Gasteiger partial charge < -0.3 is 10.6 Å². The molecule has 24 heavy (non-hydrogen) atoms. The molecule has 1 aliphatic heterocycles. The molecular weight excluding hydrogens is 307 g/mol. The number of carbonyl (C=O) groups is 1. The molecule has 2 atom stereocenters. The van der Waals surface area contributed by atoms with Crippen LogP contribution in [-0.2, 0) is 0 Å². The van der Waals surface area contributed by atoms with E-state index in [1.54, 1.807) is 0 Å². The summed E-state index contributed by atoms with van der Waals surface area (Å²) in [5.74, 6) is 5.59. The summed E-state index contributed by atoms with van der Waals surface area (Å²) in [6, 6.07) is 9.39. The SMILES string of the molecule is O=C1NC2CC(c3ncc(C#Cc4ccccc4)c(F)n3)CC2N1. The van der Waals surface area contributed by atoms with E-state index in [4.69, 9.17) is 0 Å². The van der Waals surface area contributed by atoms with Gasteiger partial charge >= 0.3 is 6.03 Å². The predicted molar refractivity (Wildman–Crippen MR) is 85.6 cm³/mol. The molecule has 0 spiro atoms. The van der Waals surface area contributed by atoms with Crippen molar-refractivity contribution < 1.29 is 9.18 Å². The minimum Gasteiger partial charge on any atom is -0.333 e.